The summed E-state index contributed by atoms with van der Waals surface area (Å²) in [5, 5.41) is 4.11. The van der Waals surface area contributed by atoms with Gasteiger partial charge in [0.15, 0.2) is 0 Å². The molecule has 0 spiro atoms. The molecule has 2 saturated heterocycles. The first-order valence-electron chi connectivity index (χ1n) is 13.1. The van der Waals surface area contributed by atoms with E-state index in [1.54, 1.807) is 17.0 Å². The number of nitrogens with one attached hydrogen (secondary N) is 2. The van der Waals surface area contributed by atoms with Gasteiger partial charge in [-0.2, -0.15) is 4.72 Å². The van der Waals surface area contributed by atoms with Gasteiger partial charge in [0.1, 0.15) is 12.1 Å². The maximum Gasteiger partial charge on any atom is 0.243 e. The number of hydrogen-bond donors (Lipinski definition) is 2. The Morgan fingerprint density at radius 1 is 1.08 bits per heavy atom. The third-order valence-electron chi connectivity index (χ3n) is 7.39. The van der Waals surface area contributed by atoms with Crippen LogP contribution in [0.4, 0.5) is 0 Å². The number of benzene rings is 1. The van der Waals surface area contributed by atoms with Gasteiger partial charge in [0.25, 0.3) is 0 Å². The molecule has 1 aromatic carbocycles. The largest absolute Gasteiger partial charge is 0.351 e. The maximum absolute atomic E-state index is 13.2. The molecule has 1 aliphatic carbocycles. The van der Waals surface area contributed by atoms with Crippen LogP contribution in [0, 0.1) is 0 Å². The van der Waals surface area contributed by atoms with Crippen LogP contribution in [0.5, 0.6) is 0 Å². The minimum atomic E-state index is -3.88. The molecule has 9 nitrogen and oxygen atoms in total. The Kier molecular flexibility index (Phi) is 8.41. The molecule has 1 aromatic heterocycles. The number of carbonyl (C=O) groups is 3. The van der Waals surface area contributed by atoms with Crippen molar-refractivity contribution in [1.29, 1.82) is 0 Å². The molecule has 3 amide bonds. The standard InChI is InChI=1S/C27H31ClN4O5S2/c28-24-11-10-19(38-24)12-15-39(36,37)30-21-8-4-13-31(27(21)35)17-25(33)32-14-5-9-23(32)26(34)29-22-16-20(22)18-6-2-1-3-7-18/h1-3,6-7,10-12,15,20-23,30H,4-5,8-9,13-14,16-17H2,(H,29,34)/b15-12+. The molecule has 2 aromatic rings. The average molecular weight is 591 g/mol. The molecular formula is C27H31ClN4O5S2. The van der Waals surface area contributed by atoms with Crippen molar-refractivity contribution in [3.8, 4) is 0 Å². The summed E-state index contributed by atoms with van der Waals surface area (Å²) in [4.78, 5) is 43.0. The number of sulfonamides is 1. The summed E-state index contributed by atoms with van der Waals surface area (Å²) >= 11 is 7.13. The summed E-state index contributed by atoms with van der Waals surface area (Å²) in [6.07, 6.45) is 4.51. The number of nitrogens with zero attached hydrogens (tertiary/aromatic N) is 2. The van der Waals surface area contributed by atoms with Crippen LogP contribution in [0.2, 0.25) is 4.34 Å². The number of carbonyl (C=O) groups excluding carboxylic acids is 3. The van der Waals surface area contributed by atoms with Crippen molar-refractivity contribution in [1.82, 2.24) is 19.8 Å². The van der Waals surface area contributed by atoms with Crippen molar-refractivity contribution >= 4 is 56.8 Å². The number of hydrogen-bond acceptors (Lipinski definition) is 6. The molecule has 39 heavy (non-hydrogen) atoms. The number of rotatable bonds is 9. The van der Waals surface area contributed by atoms with Crippen LogP contribution >= 0.6 is 22.9 Å². The van der Waals surface area contributed by atoms with Crippen molar-refractivity contribution in [2.75, 3.05) is 19.6 Å². The molecule has 12 heteroatoms. The van der Waals surface area contributed by atoms with E-state index >= 15 is 0 Å². The van der Waals surface area contributed by atoms with Crippen LogP contribution in [0.1, 0.15) is 48.5 Å². The predicted octanol–water partition coefficient (Wildman–Crippen LogP) is 2.95. The van der Waals surface area contributed by atoms with Crippen LogP contribution in [0.3, 0.4) is 0 Å². The predicted molar refractivity (Wildman–Crippen MR) is 150 cm³/mol. The SMILES string of the molecule is O=C(NC1CC1c1ccccc1)C1CCCN1C(=O)CN1CCCC(NS(=O)(=O)/C=C/c2ccc(Cl)s2)C1=O. The third-order valence-corrected chi connectivity index (χ3v) is 9.69. The lowest BCUT2D eigenvalue weighted by Crippen LogP contribution is -2.55. The summed E-state index contributed by atoms with van der Waals surface area (Å²) in [6, 6.07) is 12.0. The van der Waals surface area contributed by atoms with E-state index in [4.69, 9.17) is 11.6 Å². The molecule has 2 N–H and O–H groups in total. The minimum absolute atomic E-state index is 0.0701. The zero-order valence-electron chi connectivity index (χ0n) is 21.3. The Labute approximate surface area is 237 Å². The smallest absolute Gasteiger partial charge is 0.243 e. The molecule has 0 radical (unpaired) electrons. The van der Waals surface area contributed by atoms with Crippen molar-refractivity contribution < 1.29 is 22.8 Å². The maximum atomic E-state index is 13.2. The fourth-order valence-corrected chi connectivity index (χ4v) is 7.38. The van der Waals surface area contributed by atoms with E-state index < -0.39 is 28.0 Å². The molecule has 3 fully saturated rings. The fourth-order valence-electron chi connectivity index (χ4n) is 5.31. The van der Waals surface area contributed by atoms with E-state index in [1.807, 2.05) is 18.2 Å². The van der Waals surface area contributed by atoms with E-state index in [-0.39, 0.29) is 24.4 Å². The topological polar surface area (TPSA) is 116 Å². The first-order valence-corrected chi connectivity index (χ1v) is 15.8. The van der Waals surface area contributed by atoms with Crippen molar-refractivity contribution in [2.45, 2.75) is 56.1 Å². The van der Waals surface area contributed by atoms with E-state index in [0.717, 1.165) is 18.2 Å². The molecule has 5 rings (SSSR count). The summed E-state index contributed by atoms with van der Waals surface area (Å²) in [5.74, 6) is -0.590. The van der Waals surface area contributed by atoms with Gasteiger partial charge in [0.05, 0.1) is 10.9 Å². The van der Waals surface area contributed by atoms with Crippen LogP contribution < -0.4 is 10.0 Å². The number of amides is 3. The lowest BCUT2D eigenvalue weighted by Gasteiger charge is -2.33. The highest BCUT2D eigenvalue weighted by Gasteiger charge is 2.43. The second kappa shape index (κ2) is 11.8. The van der Waals surface area contributed by atoms with Crippen LogP contribution in [0.25, 0.3) is 6.08 Å². The quantitative estimate of drug-likeness (QED) is 0.466. The van der Waals surface area contributed by atoms with Gasteiger partial charge >= 0.3 is 0 Å². The van der Waals surface area contributed by atoms with Gasteiger partial charge in [-0.25, -0.2) is 8.42 Å². The zero-order chi connectivity index (χ0) is 27.6. The lowest BCUT2D eigenvalue weighted by molar-refractivity contribution is -0.145. The molecule has 0 bridgehead atoms. The zero-order valence-corrected chi connectivity index (χ0v) is 23.7. The number of thiophene rings is 1. The highest BCUT2D eigenvalue weighted by molar-refractivity contribution is 7.92. The number of halogens is 1. The van der Waals surface area contributed by atoms with E-state index in [1.165, 1.54) is 27.9 Å². The Balaban J connectivity index is 1.14. The van der Waals surface area contributed by atoms with E-state index in [0.29, 0.717) is 47.5 Å². The molecule has 4 unspecified atom stereocenters. The molecule has 1 saturated carbocycles. The lowest BCUT2D eigenvalue weighted by atomic mass is 10.1. The van der Waals surface area contributed by atoms with Crippen LogP contribution in [-0.2, 0) is 24.4 Å². The Bertz CT molecular complexity index is 1360. The Hall–Kier alpha value is -2.73. The van der Waals surface area contributed by atoms with Gasteiger partial charge in [0, 0.05) is 35.3 Å². The minimum Gasteiger partial charge on any atom is -0.351 e. The van der Waals surface area contributed by atoms with E-state index in [2.05, 4.69) is 22.2 Å². The summed E-state index contributed by atoms with van der Waals surface area (Å²) < 4.78 is 28.1. The van der Waals surface area contributed by atoms with Crippen LogP contribution in [0.15, 0.2) is 47.9 Å². The number of likely N-dealkylation sites (tertiary alicyclic amines) is 2. The normalized spacial score (nSPS) is 25.3. The van der Waals surface area contributed by atoms with Crippen LogP contribution in [-0.4, -0.2) is 73.7 Å². The van der Waals surface area contributed by atoms with Gasteiger partial charge in [0.2, 0.25) is 27.7 Å². The molecule has 208 valence electrons. The van der Waals surface area contributed by atoms with Gasteiger partial charge < -0.3 is 15.1 Å². The fraction of sp³-hybridized carbons (Fsp3) is 0.444. The molecule has 3 heterocycles. The van der Waals surface area contributed by atoms with E-state index in [9.17, 15) is 22.8 Å². The van der Waals surface area contributed by atoms with Gasteiger partial charge in [-0.05, 0) is 55.9 Å². The average Bonchev–Trinajstić information content (AvgIpc) is 3.28. The van der Waals surface area contributed by atoms with Crippen molar-refractivity contribution in [3.63, 3.8) is 0 Å². The molecule has 3 aliphatic rings. The van der Waals surface area contributed by atoms with Gasteiger partial charge in [-0.3, -0.25) is 14.4 Å². The van der Waals surface area contributed by atoms with Crippen molar-refractivity contribution in [2.24, 2.45) is 0 Å². The van der Waals surface area contributed by atoms with Gasteiger partial charge in [-0.15, -0.1) is 11.3 Å². The van der Waals surface area contributed by atoms with Crippen molar-refractivity contribution in [3.05, 3.63) is 62.6 Å². The third kappa shape index (κ3) is 6.89. The second-order valence-electron chi connectivity index (χ2n) is 10.2. The summed E-state index contributed by atoms with van der Waals surface area (Å²) in [6.45, 7) is 0.637. The van der Waals surface area contributed by atoms with Gasteiger partial charge in [-0.1, -0.05) is 41.9 Å². The molecular weight excluding hydrogens is 560 g/mol. The highest BCUT2D eigenvalue weighted by Crippen LogP contribution is 2.40. The number of piperidine rings is 1. The second-order valence-corrected chi connectivity index (χ2v) is 13.5. The first-order chi connectivity index (χ1) is 18.7. The Morgan fingerprint density at radius 3 is 2.59 bits per heavy atom. The summed E-state index contributed by atoms with van der Waals surface area (Å²) in [7, 11) is -3.88. The highest BCUT2D eigenvalue weighted by atomic mass is 35.5. The monoisotopic (exact) mass is 590 g/mol. The Morgan fingerprint density at radius 2 is 1.85 bits per heavy atom. The molecule has 2 aliphatic heterocycles. The first kappa shape index (κ1) is 27.8. The molecule has 4 atom stereocenters. The summed E-state index contributed by atoms with van der Waals surface area (Å²) in [5.41, 5.74) is 1.20.